The van der Waals surface area contributed by atoms with Gasteiger partial charge in [0.25, 0.3) is 0 Å². The SMILES string of the molecule is COCCCC(NC(=O)C1CCCN1C(=O)[C@H](Cc1ccccc1)NC(=O)OCc1ccccc1)B(O)O. The number of alkyl carbamates (subject to hydrolysis) is 1. The Morgan fingerprint density at radius 1 is 1.03 bits per heavy atom. The van der Waals surface area contributed by atoms with E-state index in [0.717, 1.165) is 11.1 Å². The molecule has 0 bridgehead atoms. The summed E-state index contributed by atoms with van der Waals surface area (Å²) in [5.74, 6) is -1.75. The molecule has 2 aromatic rings. The van der Waals surface area contributed by atoms with Crippen LogP contribution in [0.1, 0.15) is 36.8 Å². The summed E-state index contributed by atoms with van der Waals surface area (Å²) in [7, 11) is -0.198. The number of methoxy groups -OCH3 is 1. The molecule has 1 fully saturated rings. The Morgan fingerprint density at radius 3 is 2.32 bits per heavy atom. The van der Waals surface area contributed by atoms with Crippen LogP contribution in [0, 0.1) is 0 Å². The molecule has 0 spiro atoms. The van der Waals surface area contributed by atoms with Gasteiger partial charge < -0.3 is 35.1 Å². The van der Waals surface area contributed by atoms with Crippen LogP contribution >= 0.6 is 0 Å². The molecule has 1 aliphatic rings. The molecule has 2 aromatic carbocycles. The first kappa shape index (κ1) is 29.2. The average Bonchev–Trinajstić information content (AvgIpc) is 3.42. The molecule has 204 valence electrons. The molecule has 0 aliphatic carbocycles. The van der Waals surface area contributed by atoms with Crippen molar-refractivity contribution in [2.24, 2.45) is 0 Å². The minimum Gasteiger partial charge on any atom is -0.445 e. The van der Waals surface area contributed by atoms with Crippen molar-refractivity contribution in [1.29, 1.82) is 0 Å². The highest BCUT2D eigenvalue weighted by Crippen LogP contribution is 2.20. The molecule has 0 aromatic heterocycles. The standard InChI is InChI=1S/C27H36BN3O7/c1-37-17-9-15-24(28(35)36)30-25(32)23-14-8-16-31(23)26(33)22(18-20-10-4-2-5-11-20)29-27(34)38-19-21-12-6-3-7-13-21/h2-7,10-13,22-24,35-36H,8-9,14-19H2,1H3,(H,29,34)(H,30,32)/t22-,23?,24?/m0/s1. The van der Waals surface area contributed by atoms with Gasteiger partial charge in [-0.05, 0) is 36.8 Å². The topological polar surface area (TPSA) is 137 Å². The van der Waals surface area contributed by atoms with Gasteiger partial charge in [-0.2, -0.15) is 0 Å². The van der Waals surface area contributed by atoms with Gasteiger partial charge in [-0.3, -0.25) is 9.59 Å². The second-order valence-electron chi connectivity index (χ2n) is 9.30. The number of rotatable bonds is 13. The van der Waals surface area contributed by atoms with Gasteiger partial charge in [0.05, 0.1) is 5.94 Å². The molecule has 2 unspecified atom stereocenters. The summed E-state index contributed by atoms with van der Waals surface area (Å²) in [6.45, 7) is 0.820. The average molecular weight is 525 g/mol. The minimum atomic E-state index is -1.74. The van der Waals surface area contributed by atoms with Crippen LogP contribution in [0.2, 0.25) is 0 Å². The van der Waals surface area contributed by atoms with Crippen LogP contribution in [-0.2, 0) is 32.1 Å². The smallest absolute Gasteiger partial charge is 0.445 e. The zero-order chi connectivity index (χ0) is 27.3. The fraction of sp³-hybridized carbons (Fsp3) is 0.444. The fourth-order valence-corrected chi connectivity index (χ4v) is 4.48. The first-order chi connectivity index (χ1) is 18.4. The van der Waals surface area contributed by atoms with Crippen molar-refractivity contribution in [3.8, 4) is 0 Å². The number of carbonyl (C=O) groups excluding carboxylic acids is 3. The van der Waals surface area contributed by atoms with Crippen LogP contribution in [-0.4, -0.2) is 78.3 Å². The first-order valence-corrected chi connectivity index (χ1v) is 12.9. The molecule has 0 saturated carbocycles. The lowest BCUT2D eigenvalue weighted by molar-refractivity contribution is -0.140. The molecule has 1 heterocycles. The van der Waals surface area contributed by atoms with Crippen LogP contribution in [0.15, 0.2) is 60.7 Å². The van der Waals surface area contributed by atoms with E-state index in [1.165, 1.54) is 4.90 Å². The Labute approximate surface area is 223 Å². The van der Waals surface area contributed by atoms with Crippen molar-refractivity contribution >= 4 is 25.0 Å². The van der Waals surface area contributed by atoms with Crippen molar-refractivity contribution < 1.29 is 33.9 Å². The molecule has 4 N–H and O–H groups in total. The van der Waals surface area contributed by atoms with Crippen molar-refractivity contribution in [2.45, 2.75) is 56.7 Å². The van der Waals surface area contributed by atoms with Gasteiger partial charge in [-0.15, -0.1) is 0 Å². The molecule has 0 radical (unpaired) electrons. The molecule has 10 nitrogen and oxygen atoms in total. The zero-order valence-corrected chi connectivity index (χ0v) is 21.6. The predicted octanol–water partition coefficient (Wildman–Crippen LogP) is 1.44. The first-order valence-electron chi connectivity index (χ1n) is 12.9. The number of nitrogens with zero attached hydrogens (tertiary/aromatic N) is 1. The lowest BCUT2D eigenvalue weighted by Crippen LogP contribution is -2.56. The Bertz CT molecular complexity index is 1030. The van der Waals surface area contributed by atoms with Crippen LogP contribution in [0.3, 0.4) is 0 Å². The maximum Gasteiger partial charge on any atom is 0.475 e. The number of carbonyl (C=O) groups is 3. The Hall–Kier alpha value is -3.41. The molecule has 1 saturated heterocycles. The van der Waals surface area contributed by atoms with E-state index in [1.807, 2.05) is 60.7 Å². The van der Waals surface area contributed by atoms with E-state index >= 15 is 0 Å². The predicted molar refractivity (Wildman–Crippen MR) is 142 cm³/mol. The largest absolute Gasteiger partial charge is 0.475 e. The van der Waals surface area contributed by atoms with Crippen molar-refractivity contribution in [1.82, 2.24) is 15.5 Å². The number of likely N-dealkylation sites (tertiary alicyclic amines) is 1. The molecule has 38 heavy (non-hydrogen) atoms. The van der Waals surface area contributed by atoms with E-state index in [0.29, 0.717) is 38.8 Å². The maximum atomic E-state index is 13.7. The van der Waals surface area contributed by atoms with Crippen molar-refractivity contribution in [2.75, 3.05) is 20.3 Å². The third kappa shape index (κ3) is 8.86. The third-order valence-electron chi connectivity index (χ3n) is 6.48. The van der Waals surface area contributed by atoms with Gasteiger partial charge in [-0.25, -0.2) is 4.79 Å². The van der Waals surface area contributed by atoms with E-state index in [1.54, 1.807) is 7.11 Å². The monoisotopic (exact) mass is 525 g/mol. The van der Waals surface area contributed by atoms with E-state index < -0.39 is 43.1 Å². The molecule has 3 amide bonds. The Morgan fingerprint density at radius 2 is 1.68 bits per heavy atom. The zero-order valence-electron chi connectivity index (χ0n) is 21.6. The number of hydrogen-bond donors (Lipinski definition) is 4. The highest BCUT2D eigenvalue weighted by molar-refractivity contribution is 6.43. The molecular formula is C27H36BN3O7. The lowest BCUT2D eigenvalue weighted by Gasteiger charge is -2.30. The quantitative estimate of drug-likeness (QED) is 0.229. The molecule has 1 aliphatic heterocycles. The second-order valence-corrected chi connectivity index (χ2v) is 9.30. The van der Waals surface area contributed by atoms with Gasteiger partial charge in [0.1, 0.15) is 18.7 Å². The summed E-state index contributed by atoms with van der Waals surface area (Å²) < 4.78 is 10.3. The Kier molecular flexibility index (Phi) is 11.6. The number of hydrogen-bond acceptors (Lipinski definition) is 7. The van der Waals surface area contributed by atoms with Crippen LogP contribution in [0.4, 0.5) is 4.79 Å². The molecule has 3 atom stereocenters. The molecule has 3 rings (SSSR count). The lowest BCUT2D eigenvalue weighted by atomic mass is 9.76. The highest BCUT2D eigenvalue weighted by Gasteiger charge is 2.39. The summed E-state index contributed by atoms with van der Waals surface area (Å²) in [6.07, 6.45) is 1.37. The van der Waals surface area contributed by atoms with E-state index in [2.05, 4.69) is 10.6 Å². The van der Waals surface area contributed by atoms with Gasteiger partial charge in [0.15, 0.2) is 0 Å². The molecule has 11 heteroatoms. The third-order valence-corrected chi connectivity index (χ3v) is 6.48. The summed E-state index contributed by atoms with van der Waals surface area (Å²) in [5, 5.41) is 24.8. The van der Waals surface area contributed by atoms with Gasteiger partial charge >= 0.3 is 13.2 Å². The van der Waals surface area contributed by atoms with E-state index in [-0.39, 0.29) is 13.0 Å². The molecular weight excluding hydrogens is 489 g/mol. The maximum absolute atomic E-state index is 13.7. The van der Waals surface area contributed by atoms with Crippen LogP contribution in [0.5, 0.6) is 0 Å². The van der Waals surface area contributed by atoms with Gasteiger partial charge in [-0.1, -0.05) is 60.7 Å². The van der Waals surface area contributed by atoms with Gasteiger partial charge in [0, 0.05) is 26.7 Å². The summed E-state index contributed by atoms with van der Waals surface area (Å²) in [4.78, 5) is 40.9. The van der Waals surface area contributed by atoms with Gasteiger partial charge in [0.2, 0.25) is 11.8 Å². The normalized spacial score (nSPS) is 16.4. The minimum absolute atomic E-state index is 0.0572. The summed E-state index contributed by atoms with van der Waals surface area (Å²) >= 11 is 0. The van der Waals surface area contributed by atoms with Crippen LogP contribution in [0.25, 0.3) is 0 Å². The van der Waals surface area contributed by atoms with E-state index in [4.69, 9.17) is 9.47 Å². The number of nitrogens with one attached hydrogen (secondary N) is 2. The summed E-state index contributed by atoms with van der Waals surface area (Å²) in [5.41, 5.74) is 1.66. The number of benzene rings is 2. The van der Waals surface area contributed by atoms with Crippen molar-refractivity contribution in [3.05, 3.63) is 71.8 Å². The van der Waals surface area contributed by atoms with Crippen molar-refractivity contribution in [3.63, 3.8) is 0 Å². The second kappa shape index (κ2) is 15.1. The fourth-order valence-electron chi connectivity index (χ4n) is 4.48. The Balaban J connectivity index is 1.69. The summed E-state index contributed by atoms with van der Waals surface area (Å²) in [6, 6.07) is 16.8. The van der Waals surface area contributed by atoms with E-state index in [9.17, 15) is 24.4 Å². The van der Waals surface area contributed by atoms with Crippen LogP contribution < -0.4 is 10.6 Å². The number of ether oxygens (including phenoxy) is 2. The highest BCUT2D eigenvalue weighted by atomic mass is 16.5. The number of amides is 3.